The van der Waals surface area contributed by atoms with Gasteiger partial charge >= 0.3 is 11.9 Å². The molecule has 2 atom stereocenters. The van der Waals surface area contributed by atoms with Crippen LogP contribution in [0.1, 0.15) is 38.7 Å². The number of allylic oxidation sites excluding steroid dienone is 1. The summed E-state index contributed by atoms with van der Waals surface area (Å²) in [6.07, 6.45) is 2.31. The summed E-state index contributed by atoms with van der Waals surface area (Å²) in [7, 11) is 2.65. The third-order valence-electron chi connectivity index (χ3n) is 5.52. The van der Waals surface area contributed by atoms with Crippen molar-refractivity contribution >= 4 is 11.9 Å². The highest BCUT2D eigenvalue weighted by Crippen LogP contribution is 2.47. The molecule has 1 aromatic rings. The molecule has 0 fully saturated rings. The van der Waals surface area contributed by atoms with Crippen molar-refractivity contribution in [1.29, 1.82) is 0 Å². The van der Waals surface area contributed by atoms with E-state index in [1.54, 1.807) is 0 Å². The molecular weight excluding hydrogens is 330 g/mol. The third kappa shape index (κ3) is 3.28. The SMILES string of the molecule is CCN(CC)C1C(C(C)c2ccccc2)=CCC1(C(=O)OC)C(=O)OC. The molecule has 2 rings (SSSR count). The number of likely N-dealkylation sites (N-methyl/N-ethyl adjacent to an activating group) is 1. The number of carbonyl (C=O) groups excluding carboxylic acids is 2. The number of methoxy groups -OCH3 is 2. The zero-order valence-electron chi connectivity index (χ0n) is 16.3. The van der Waals surface area contributed by atoms with Crippen LogP contribution in [0.2, 0.25) is 0 Å². The minimum Gasteiger partial charge on any atom is -0.468 e. The topological polar surface area (TPSA) is 55.8 Å². The maximum Gasteiger partial charge on any atom is 0.325 e. The van der Waals surface area contributed by atoms with Crippen LogP contribution in [0.5, 0.6) is 0 Å². The fourth-order valence-electron chi connectivity index (χ4n) is 4.08. The highest BCUT2D eigenvalue weighted by Gasteiger charge is 2.60. The Morgan fingerprint density at radius 1 is 1.12 bits per heavy atom. The number of rotatable bonds is 7. The van der Waals surface area contributed by atoms with Crippen LogP contribution in [0.15, 0.2) is 42.0 Å². The number of benzene rings is 1. The van der Waals surface area contributed by atoms with Gasteiger partial charge in [-0.15, -0.1) is 0 Å². The second-order valence-electron chi connectivity index (χ2n) is 6.62. The van der Waals surface area contributed by atoms with Gasteiger partial charge in [-0.05, 0) is 30.6 Å². The lowest BCUT2D eigenvalue weighted by Gasteiger charge is -2.40. The van der Waals surface area contributed by atoms with Gasteiger partial charge in [0.2, 0.25) is 0 Å². The van der Waals surface area contributed by atoms with E-state index >= 15 is 0 Å². The fourth-order valence-corrected chi connectivity index (χ4v) is 4.08. The molecule has 0 bridgehead atoms. The maximum atomic E-state index is 12.8. The van der Waals surface area contributed by atoms with E-state index in [-0.39, 0.29) is 12.0 Å². The first-order chi connectivity index (χ1) is 12.5. The van der Waals surface area contributed by atoms with Crippen LogP contribution in [0.4, 0.5) is 0 Å². The summed E-state index contributed by atoms with van der Waals surface area (Å²) in [5, 5.41) is 0. The Hall–Kier alpha value is -2.14. The molecule has 1 aliphatic rings. The van der Waals surface area contributed by atoms with Crippen molar-refractivity contribution in [2.75, 3.05) is 27.3 Å². The number of hydrogen-bond acceptors (Lipinski definition) is 5. The highest BCUT2D eigenvalue weighted by molar-refractivity contribution is 6.02. The Kier molecular flexibility index (Phi) is 6.59. The van der Waals surface area contributed by atoms with Crippen molar-refractivity contribution in [1.82, 2.24) is 4.90 Å². The van der Waals surface area contributed by atoms with Gasteiger partial charge < -0.3 is 9.47 Å². The van der Waals surface area contributed by atoms with Crippen LogP contribution in [0.3, 0.4) is 0 Å². The normalized spacial score (nSPS) is 19.8. The molecule has 142 valence electrons. The molecule has 0 aliphatic heterocycles. The van der Waals surface area contributed by atoms with Gasteiger partial charge in [0.15, 0.2) is 5.41 Å². The van der Waals surface area contributed by atoms with Crippen LogP contribution in [-0.4, -0.2) is 50.2 Å². The minimum absolute atomic E-state index is 0.0815. The largest absolute Gasteiger partial charge is 0.468 e. The fraction of sp³-hybridized carbons (Fsp3) is 0.524. The Balaban J connectivity index is 2.56. The van der Waals surface area contributed by atoms with E-state index in [1.807, 2.05) is 38.1 Å². The smallest absolute Gasteiger partial charge is 0.325 e. The average Bonchev–Trinajstić information content (AvgIpc) is 3.09. The van der Waals surface area contributed by atoms with Crippen molar-refractivity contribution in [3.05, 3.63) is 47.5 Å². The second kappa shape index (κ2) is 8.49. The molecular formula is C21H29NO4. The predicted octanol–water partition coefficient (Wildman–Crippen LogP) is 3.16. The van der Waals surface area contributed by atoms with E-state index in [1.165, 1.54) is 14.2 Å². The zero-order valence-corrected chi connectivity index (χ0v) is 16.3. The number of nitrogens with zero attached hydrogens (tertiary/aromatic N) is 1. The molecule has 0 saturated heterocycles. The van der Waals surface area contributed by atoms with Gasteiger partial charge in [-0.2, -0.15) is 0 Å². The molecule has 0 heterocycles. The Morgan fingerprint density at radius 3 is 2.12 bits per heavy atom. The van der Waals surface area contributed by atoms with Crippen LogP contribution in [0.25, 0.3) is 0 Å². The molecule has 1 aliphatic carbocycles. The van der Waals surface area contributed by atoms with E-state index in [9.17, 15) is 9.59 Å². The number of ether oxygens (including phenoxy) is 2. The van der Waals surface area contributed by atoms with Gasteiger partial charge in [-0.3, -0.25) is 14.5 Å². The van der Waals surface area contributed by atoms with Crippen molar-refractivity contribution < 1.29 is 19.1 Å². The molecule has 0 radical (unpaired) electrons. The third-order valence-corrected chi connectivity index (χ3v) is 5.52. The van der Waals surface area contributed by atoms with Gasteiger partial charge in [-0.25, -0.2) is 0 Å². The first-order valence-corrected chi connectivity index (χ1v) is 9.13. The molecule has 0 N–H and O–H groups in total. The summed E-state index contributed by atoms with van der Waals surface area (Å²) >= 11 is 0. The molecule has 0 aromatic heterocycles. The molecule has 1 aromatic carbocycles. The minimum atomic E-state index is -1.35. The second-order valence-corrected chi connectivity index (χ2v) is 6.62. The van der Waals surface area contributed by atoms with Crippen molar-refractivity contribution in [2.24, 2.45) is 5.41 Å². The van der Waals surface area contributed by atoms with E-state index < -0.39 is 17.4 Å². The van der Waals surface area contributed by atoms with Crippen LogP contribution in [-0.2, 0) is 19.1 Å². The van der Waals surface area contributed by atoms with Crippen LogP contribution >= 0.6 is 0 Å². The van der Waals surface area contributed by atoms with Gasteiger partial charge in [0.25, 0.3) is 0 Å². The van der Waals surface area contributed by atoms with Crippen molar-refractivity contribution in [3.8, 4) is 0 Å². The van der Waals surface area contributed by atoms with Gasteiger partial charge in [0.1, 0.15) is 0 Å². The maximum absolute atomic E-state index is 12.8. The van der Waals surface area contributed by atoms with E-state index in [4.69, 9.17) is 9.47 Å². The lowest BCUT2D eigenvalue weighted by Crippen LogP contribution is -2.56. The van der Waals surface area contributed by atoms with E-state index in [0.717, 1.165) is 24.2 Å². The van der Waals surface area contributed by atoms with E-state index in [0.29, 0.717) is 6.42 Å². The number of esters is 2. The Morgan fingerprint density at radius 2 is 1.65 bits per heavy atom. The van der Waals surface area contributed by atoms with Gasteiger partial charge in [-0.1, -0.05) is 57.2 Å². The summed E-state index contributed by atoms with van der Waals surface area (Å²) in [6, 6.07) is 9.74. The van der Waals surface area contributed by atoms with Crippen LogP contribution in [0, 0.1) is 5.41 Å². The average molecular weight is 359 g/mol. The monoisotopic (exact) mass is 359 g/mol. The standard InChI is InChI=1S/C21H29NO4/c1-6-22(7-2)18-17(15(3)16-11-9-8-10-12-16)13-14-21(18,19(23)25-4)20(24)26-5/h8-13,15,18H,6-7,14H2,1-5H3. The molecule has 0 amide bonds. The molecule has 0 saturated carbocycles. The first-order valence-electron chi connectivity index (χ1n) is 9.13. The molecule has 0 spiro atoms. The zero-order chi connectivity index (χ0) is 19.3. The summed E-state index contributed by atoms with van der Waals surface area (Å²) in [4.78, 5) is 27.8. The Labute approximate surface area is 156 Å². The summed E-state index contributed by atoms with van der Waals surface area (Å²) in [5.74, 6) is -0.987. The van der Waals surface area contributed by atoms with Crippen molar-refractivity contribution in [3.63, 3.8) is 0 Å². The molecule has 26 heavy (non-hydrogen) atoms. The van der Waals surface area contributed by atoms with Gasteiger partial charge in [0, 0.05) is 5.92 Å². The predicted molar refractivity (Wildman–Crippen MR) is 101 cm³/mol. The summed E-state index contributed by atoms with van der Waals surface area (Å²) < 4.78 is 10.1. The molecule has 5 heteroatoms. The lowest BCUT2D eigenvalue weighted by molar-refractivity contribution is -0.172. The first kappa shape index (κ1) is 20.2. The van der Waals surface area contributed by atoms with Gasteiger partial charge in [0.05, 0.1) is 20.3 Å². The summed E-state index contributed by atoms with van der Waals surface area (Å²) in [6.45, 7) is 7.62. The summed E-state index contributed by atoms with van der Waals surface area (Å²) in [5.41, 5.74) is 0.866. The van der Waals surface area contributed by atoms with Crippen LogP contribution < -0.4 is 0 Å². The Bertz CT molecular complexity index is 648. The highest BCUT2D eigenvalue weighted by atomic mass is 16.5. The van der Waals surface area contributed by atoms with E-state index in [2.05, 4.69) is 24.0 Å². The molecule has 2 unspecified atom stereocenters. The lowest BCUT2D eigenvalue weighted by atomic mass is 9.76. The molecule has 5 nitrogen and oxygen atoms in total. The van der Waals surface area contributed by atoms with Crippen molar-refractivity contribution in [2.45, 2.75) is 39.2 Å². The number of carbonyl (C=O) groups is 2. The number of hydrogen-bond donors (Lipinski definition) is 0. The quantitative estimate of drug-likeness (QED) is 0.425.